The number of imidazole rings is 1. The van der Waals surface area contributed by atoms with E-state index in [2.05, 4.69) is 31.7 Å². The van der Waals surface area contributed by atoms with Gasteiger partial charge in [0.05, 0.1) is 28.8 Å². The van der Waals surface area contributed by atoms with Crippen LogP contribution in [0.4, 0.5) is 4.39 Å². The number of nitriles is 1. The molecule has 4 N–H and O–H groups in total. The molecule has 3 aromatic carbocycles. The normalized spacial score (nSPS) is 14.0. The number of amides is 1. The number of ether oxygens (including phenoxy) is 2. The third-order valence-electron chi connectivity index (χ3n) is 8.31. The Labute approximate surface area is 292 Å². The summed E-state index contributed by atoms with van der Waals surface area (Å²) in [7, 11) is 0. The molecule has 0 bridgehead atoms. The van der Waals surface area contributed by atoms with Gasteiger partial charge >= 0.3 is 5.97 Å². The lowest BCUT2D eigenvalue weighted by Gasteiger charge is -2.20. The Morgan fingerprint density at radius 2 is 1.92 bits per heavy atom. The number of halogens is 2. The molecule has 0 spiro atoms. The molecule has 2 atom stereocenters. The molecule has 0 saturated carbocycles. The number of aliphatic carboxylic acids is 1. The van der Waals surface area contributed by atoms with Crippen molar-refractivity contribution in [1.29, 1.82) is 5.26 Å². The Hall–Kier alpha value is -5.77. The average molecular weight is 695 g/mol. The lowest BCUT2D eigenvalue weighted by atomic mass is 9.96. The van der Waals surface area contributed by atoms with E-state index in [0.29, 0.717) is 51.6 Å². The zero-order valence-corrected chi connectivity index (χ0v) is 27.4. The van der Waals surface area contributed by atoms with Crippen LogP contribution in [0.1, 0.15) is 58.5 Å². The molecule has 0 aliphatic heterocycles. The van der Waals surface area contributed by atoms with Crippen molar-refractivity contribution in [2.24, 2.45) is 0 Å². The summed E-state index contributed by atoms with van der Waals surface area (Å²) in [6.07, 6.45) is 6.83. The second kappa shape index (κ2) is 15.6. The Morgan fingerprint density at radius 1 is 1.08 bits per heavy atom. The van der Waals surface area contributed by atoms with Crippen LogP contribution >= 0.6 is 11.6 Å². The van der Waals surface area contributed by atoms with Crippen LogP contribution in [-0.4, -0.2) is 38.5 Å². The van der Waals surface area contributed by atoms with E-state index in [1.807, 2.05) is 24.3 Å². The highest BCUT2D eigenvalue weighted by Crippen LogP contribution is 2.43. The van der Waals surface area contributed by atoms with Gasteiger partial charge in [0, 0.05) is 54.7 Å². The fraction of sp³-hybridized carbons (Fsp3) is 0.216. The Kier molecular flexibility index (Phi) is 10.7. The molecule has 13 heteroatoms. The van der Waals surface area contributed by atoms with E-state index in [-0.39, 0.29) is 43.7 Å². The molecule has 0 unspecified atom stereocenters. The summed E-state index contributed by atoms with van der Waals surface area (Å²) in [5.74, 6) is -1.09. The van der Waals surface area contributed by atoms with Crippen molar-refractivity contribution in [3.8, 4) is 28.7 Å². The number of rotatable bonds is 14. The van der Waals surface area contributed by atoms with E-state index in [4.69, 9.17) is 21.1 Å². The summed E-state index contributed by atoms with van der Waals surface area (Å²) in [5.41, 5.74) is 5.41. The first-order valence-electron chi connectivity index (χ1n) is 15.8. The van der Waals surface area contributed by atoms with Gasteiger partial charge in [-0.1, -0.05) is 48.0 Å². The number of hydrogen-bond donors (Lipinski definition) is 4. The van der Waals surface area contributed by atoms with Crippen LogP contribution in [0.2, 0.25) is 5.02 Å². The van der Waals surface area contributed by atoms with Gasteiger partial charge in [0.15, 0.2) is 6.04 Å². The van der Waals surface area contributed by atoms with Crippen molar-refractivity contribution in [2.75, 3.05) is 6.54 Å². The summed E-state index contributed by atoms with van der Waals surface area (Å²) in [5, 5.41) is 24.8. The van der Waals surface area contributed by atoms with Gasteiger partial charge in [-0.3, -0.25) is 9.78 Å². The number of carboxylic acids is 1. The fourth-order valence-electron chi connectivity index (χ4n) is 5.91. The predicted molar refractivity (Wildman–Crippen MR) is 182 cm³/mol. The highest BCUT2D eigenvalue weighted by molar-refractivity contribution is 6.32. The minimum Gasteiger partial charge on any atom is -0.488 e. The minimum atomic E-state index is -1.25. The second-order valence-corrected chi connectivity index (χ2v) is 12.1. The largest absolute Gasteiger partial charge is 0.488 e. The molecule has 0 radical (unpaired) electrons. The first-order valence-corrected chi connectivity index (χ1v) is 16.2. The van der Waals surface area contributed by atoms with E-state index < -0.39 is 17.9 Å². The monoisotopic (exact) mass is 694 g/mol. The number of nitrogens with zero attached hydrogens (tertiary/aromatic N) is 3. The van der Waals surface area contributed by atoms with Gasteiger partial charge in [0.2, 0.25) is 5.91 Å². The molecule has 50 heavy (non-hydrogen) atoms. The van der Waals surface area contributed by atoms with E-state index in [0.717, 1.165) is 16.7 Å². The quantitative estimate of drug-likeness (QED) is 0.0991. The highest BCUT2D eigenvalue weighted by atomic mass is 35.5. The van der Waals surface area contributed by atoms with Crippen LogP contribution in [-0.2, 0) is 29.2 Å². The predicted octanol–water partition coefficient (Wildman–Crippen LogP) is 6.20. The molecule has 11 nitrogen and oxygen atoms in total. The number of H-pyrrole nitrogens is 1. The van der Waals surface area contributed by atoms with Crippen LogP contribution in [0.3, 0.4) is 0 Å². The van der Waals surface area contributed by atoms with Crippen molar-refractivity contribution in [3.63, 3.8) is 0 Å². The van der Waals surface area contributed by atoms with Gasteiger partial charge in [0.1, 0.15) is 36.1 Å². The molecule has 1 aliphatic carbocycles. The number of carbonyl (C=O) groups is 2. The minimum absolute atomic E-state index is 0.00557. The van der Waals surface area contributed by atoms with Crippen LogP contribution < -0.4 is 20.1 Å². The van der Waals surface area contributed by atoms with Crippen molar-refractivity contribution >= 4 is 23.5 Å². The lowest BCUT2D eigenvalue weighted by Crippen LogP contribution is -2.35. The van der Waals surface area contributed by atoms with Crippen LogP contribution in [0.5, 0.6) is 11.5 Å². The maximum atomic E-state index is 14.7. The standard InChI is InChI=1S/C37H32ClFN6O5/c38-29-13-24(18-41-11-10-35(46)45-36(37(47)48)31-19-43-21-44-31)33(49-20-23-12-22(15-40)16-42-17-23)14-34(29)50-32-9-8-26-25(5-3-6-28(26)32)27-4-1-2-7-30(27)39/h1-7,12-14,16-17,19,21,32,36,41H,8-11,18,20H2,(H,43,44)(H,45,46)(H,47,48)/t32-,36+/m0/s1. The van der Waals surface area contributed by atoms with Gasteiger partial charge in [-0.25, -0.2) is 14.2 Å². The molecule has 1 aliphatic rings. The molecule has 2 heterocycles. The summed E-state index contributed by atoms with van der Waals surface area (Å²) < 4.78 is 27.4. The van der Waals surface area contributed by atoms with E-state index in [1.165, 1.54) is 24.8 Å². The Balaban J connectivity index is 1.17. The molecule has 2 aromatic heterocycles. The van der Waals surface area contributed by atoms with E-state index in [1.54, 1.807) is 36.5 Å². The molecule has 0 saturated heterocycles. The fourth-order valence-corrected chi connectivity index (χ4v) is 6.14. The van der Waals surface area contributed by atoms with Gasteiger partial charge in [-0.2, -0.15) is 5.26 Å². The SMILES string of the molecule is N#Cc1cncc(COc2cc(O[C@H]3CCc4c(-c5ccccc5F)cccc43)c(Cl)cc2CNCCC(=O)N[C@@H](C(=O)O)c2cnc[nH]2)c1. The van der Waals surface area contributed by atoms with Gasteiger partial charge in [-0.15, -0.1) is 0 Å². The number of fused-ring (bicyclic) bond motifs is 1. The number of aromatic amines is 1. The summed E-state index contributed by atoms with van der Waals surface area (Å²) in [6, 6.07) is 18.5. The van der Waals surface area contributed by atoms with Crippen molar-refractivity contribution in [3.05, 3.63) is 130 Å². The lowest BCUT2D eigenvalue weighted by molar-refractivity contribution is -0.142. The number of benzene rings is 3. The molecular formula is C37H32ClFN6O5. The van der Waals surface area contributed by atoms with Crippen LogP contribution in [0.25, 0.3) is 11.1 Å². The summed E-state index contributed by atoms with van der Waals surface area (Å²) in [6.45, 7) is 0.607. The third kappa shape index (κ3) is 7.92. The van der Waals surface area contributed by atoms with E-state index >= 15 is 0 Å². The molecule has 5 aromatic rings. The first kappa shape index (κ1) is 34.1. The summed E-state index contributed by atoms with van der Waals surface area (Å²) in [4.78, 5) is 34.8. The topological polar surface area (TPSA) is 162 Å². The molecular weight excluding hydrogens is 663 g/mol. The first-order chi connectivity index (χ1) is 24.3. The number of pyridine rings is 1. The number of aromatic nitrogens is 3. The van der Waals surface area contributed by atoms with Gasteiger partial charge in [0.25, 0.3) is 0 Å². The zero-order chi connectivity index (χ0) is 35.0. The van der Waals surface area contributed by atoms with Crippen LogP contribution in [0, 0.1) is 17.1 Å². The van der Waals surface area contributed by atoms with Crippen molar-refractivity contribution in [1.82, 2.24) is 25.6 Å². The number of hydrogen-bond acceptors (Lipinski definition) is 8. The molecule has 6 rings (SSSR count). The maximum absolute atomic E-state index is 14.7. The van der Waals surface area contributed by atoms with Crippen molar-refractivity contribution < 1.29 is 28.6 Å². The van der Waals surface area contributed by atoms with Gasteiger partial charge < -0.3 is 30.2 Å². The number of carbonyl (C=O) groups excluding carboxylic acids is 1. The van der Waals surface area contributed by atoms with Gasteiger partial charge in [-0.05, 0) is 47.7 Å². The van der Waals surface area contributed by atoms with Crippen molar-refractivity contribution in [2.45, 2.75) is 44.6 Å². The average Bonchev–Trinajstić information content (AvgIpc) is 3.80. The summed E-state index contributed by atoms with van der Waals surface area (Å²) >= 11 is 6.78. The molecule has 0 fully saturated rings. The second-order valence-electron chi connectivity index (χ2n) is 11.6. The third-order valence-corrected chi connectivity index (χ3v) is 8.60. The van der Waals surface area contributed by atoms with Crippen LogP contribution in [0.15, 0.2) is 85.6 Å². The Bertz CT molecular complexity index is 2050. The number of nitrogens with one attached hydrogen (secondary N) is 3. The Morgan fingerprint density at radius 3 is 2.70 bits per heavy atom. The number of carboxylic acid groups (broad SMARTS) is 1. The molecule has 254 valence electrons. The highest BCUT2D eigenvalue weighted by Gasteiger charge is 2.28. The molecule has 1 amide bonds. The zero-order valence-electron chi connectivity index (χ0n) is 26.7. The van der Waals surface area contributed by atoms with E-state index in [9.17, 15) is 24.3 Å². The maximum Gasteiger partial charge on any atom is 0.332 e. The smallest absolute Gasteiger partial charge is 0.332 e.